The molecule has 0 saturated heterocycles. The second-order valence-electron chi connectivity index (χ2n) is 5.44. The Morgan fingerprint density at radius 2 is 2.08 bits per heavy atom. The summed E-state index contributed by atoms with van der Waals surface area (Å²) in [6.45, 7) is 2.53. The number of nitrogens with two attached hydrogens (primary N) is 1. The number of anilines is 2. The van der Waals surface area contributed by atoms with Crippen molar-refractivity contribution in [1.82, 2.24) is 15.4 Å². The van der Waals surface area contributed by atoms with Gasteiger partial charge in [-0.15, -0.1) is 0 Å². The molecule has 6 nitrogen and oxygen atoms in total. The number of benzene rings is 1. The topological polar surface area (TPSA) is 88.2 Å². The summed E-state index contributed by atoms with van der Waals surface area (Å²) < 4.78 is 0. The number of hydrazone groups is 1. The molecule has 0 unspecified atom stereocenters. The number of fused-ring (bicyclic) bond motifs is 1. The van der Waals surface area contributed by atoms with Gasteiger partial charge in [0.25, 0.3) is 0 Å². The molecule has 2 aromatic heterocycles. The highest BCUT2D eigenvalue weighted by Crippen LogP contribution is 2.19. The lowest BCUT2D eigenvalue weighted by atomic mass is 10.1. The molecule has 2 heterocycles. The van der Waals surface area contributed by atoms with E-state index in [1.54, 1.807) is 13.2 Å². The van der Waals surface area contributed by atoms with Crippen LogP contribution < -0.4 is 16.5 Å². The van der Waals surface area contributed by atoms with Crippen LogP contribution in [0.25, 0.3) is 10.9 Å². The number of nitrogen functional groups attached to an aromatic ring is 1. The van der Waals surface area contributed by atoms with Gasteiger partial charge in [0.05, 0.1) is 22.6 Å². The van der Waals surface area contributed by atoms with Crippen molar-refractivity contribution in [3.63, 3.8) is 0 Å². The normalized spacial score (nSPS) is 11.5. The fourth-order valence-electron chi connectivity index (χ4n) is 2.46. The van der Waals surface area contributed by atoms with E-state index in [-0.39, 0.29) is 0 Å². The third-order valence-electron chi connectivity index (χ3n) is 3.70. The van der Waals surface area contributed by atoms with Gasteiger partial charge in [0.1, 0.15) is 5.82 Å². The van der Waals surface area contributed by atoms with Crippen molar-refractivity contribution in [2.45, 2.75) is 13.5 Å². The summed E-state index contributed by atoms with van der Waals surface area (Å²) in [5.41, 5.74) is 13.1. The predicted octanol–water partition coefficient (Wildman–Crippen LogP) is 2.77. The van der Waals surface area contributed by atoms with Gasteiger partial charge in [0.15, 0.2) is 0 Å². The molecule has 1 aromatic carbocycles. The molecule has 0 radical (unpaired) electrons. The van der Waals surface area contributed by atoms with Gasteiger partial charge >= 0.3 is 0 Å². The van der Waals surface area contributed by atoms with E-state index in [1.165, 1.54) is 0 Å². The van der Waals surface area contributed by atoms with Crippen molar-refractivity contribution in [3.05, 3.63) is 59.9 Å². The zero-order valence-corrected chi connectivity index (χ0v) is 13.7. The van der Waals surface area contributed by atoms with E-state index in [2.05, 4.69) is 44.0 Å². The fourth-order valence-corrected chi connectivity index (χ4v) is 2.46. The number of nitrogens with zero attached hydrogens (tertiary/aromatic N) is 3. The number of pyridine rings is 2. The summed E-state index contributed by atoms with van der Waals surface area (Å²) in [6.07, 6.45) is 1.80. The molecule has 0 bridgehead atoms. The molecule has 0 aliphatic rings. The maximum atomic E-state index is 6.03. The molecule has 6 heteroatoms. The van der Waals surface area contributed by atoms with Crippen molar-refractivity contribution < 1.29 is 0 Å². The number of nitrogens with one attached hydrogen (secondary N) is 2. The first-order valence-corrected chi connectivity index (χ1v) is 7.73. The highest BCUT2D eigenvalue weighted by atomic mass is 15.3. The predicted molar refractivity (Wildman–Crippen MR) is 99.0 cm³/mol. The van der Waals surface area contributed by atoms with Crippen LogP contribution in [0.15, 0.2) is 53.8 Å². The molecule has 3 rings (SSSR count). The van der Waals surface area contributed by atoms with E-state index in [4.69, 9.17) is 5.73 Å². The Morgan fingerprint density at radius 1 is 1.21 bits per heavy atom. The van der Waals surface area contributed by atoms with Crippen LogP contribution in [0, 0.1) is 0 Å². The van der Waals surface area contributed by atoms with E-state index in [1.807, 2.05) is 31.2 Å². The maximum Gasteiger partial charge on any atom is 0.150 e. The van der Waals surface area contributed by atoms with E-state index >= 15 is 0 Å². The van der Waals surface area contributed by atoms with Crippen LogP contribution in [-0.2, 0) is 6.54 Å². The largest absolute Gasteiger partial charge is 0.396 e. The summed E-state index contributed by atoms with van der Waals surface area (Å²) in [4.78, 5) is 8.88. The smallest absolute Gasteiger partial charge is 0.150 e. The van der Waals surface area contributed by atoms with Gasteiger partial charge in [0, 0.05) is 25.2 Å². The van der Waals surface area contributed by atoms with Crippen LogP contribution >= 0.6 is 0 Å². The van der Waals surface area contributed by atoms with Crippen molar-refractivity contribution in [1.29, 1.82) is 0 Å². The quantitative estimate of drug-likeness (QED) is 0.497. The Morgan fingerprint density at radius 3 is 2.92 bits per heavy atom. The van der Waals surface area contributed by atoms with Crippen molar-refractivity contribution in [3.8, 4) is 0 Å². The second kappa shape index (κ2) is 6.95. The Labute approximate surface area is 140 Å². The first-order chi connectivity index (χ1) is 11.7. The van der Waals surface area contributed by atoms with Crippen LogP contribution in [0.2, 0.25) is 0 Å². The van der Waals surface area contributed by atoms with Gasteiger partial charge in [-0.3, -0.25) is 4.98 Å². The molecule has 24 heavy (non-hydrogen) atoms. The number of rotatable bonds is 5. The zero-order valence-electron chi connectivity index (χ0n) is 13.7. The number of hydrogen-bond donors (Lipinski definition) is 3. The van der Waals surface area contributed by atoms with E-state index in [0.717, 1.165) is 27.9 Å². The van der Waals surface area contributed by atoms with Crippen molar-refractivity contribution >= 4 is 28.1 Å². The minimum absolute atomic E-state index is 0.610. The highest BCUT2D eigenvalue weighted by Gasteiger charge is 2.06. The van der Waals surface area contributed by atoms with E-state index < -0.39 is 0 Å². The average Bonchev–Trinajstić information content (AvgIpc) is 2.61. The van der Waals surface area contributed by atoms with Crippen LogP contribution in [0.3, 0.4) is 0 Å². The molecule has 0 saturated carbocycles. The average molecular weight is 320 g/mol. The van der Waals surface area contributed by atoms with Crippen LogP contribution in [-0.4, -0.2) is 22.7 Å². The maximum absolute atomic E-state index is 6.03. The zero-order chi connectivity index (χ0) is 16.9. The molecule has 0 aliphatic heterocycles. The SMILES string of the molecule is CN/N=C(\C)c1ccc(N)c(NCc2ccc3ncccc3c2)n1. The van der Waals surface area contributed by atoms with Gasteiger partial charge in [0.2, 0.25) is 0 Å². The third-order valence-corrected chi connectivity index (χ3v) is 3.70. The molecule has 122 valence electrons. The minimum Gasteiger partial charge on any atom is -0.396 e. The van der Waals surface area contributed by atoms with Gasteiger partial charge in [-0.2, -0.15) is 5.10 Å². The van der Waals surface area contributed by atoms with Gasteiger partial charge in [-0.05, 0) is 42.8 Å². The van der Waals surface area contributed by atoms with Crippen molar-refractivity contribution in [2.75, 3.05) is 18.1 Å². The number of hydrogen-bond acceptors (Lipinski definition) is 6. The minimum atomic E-state index is 0.610. The lowest BCUT2D eigenvalue weighted by molar-refractivity contribution is 0.898. The summed E-state index contributed by atoms with van der Waals surface area (Å²) in [5, 5.41) is 8.56. The molecule has 0 fully saturated rings. The summed E-state index contributed by atoms with van der Waals surface area (Å²) in [6, 6.07) is 13.9. The molecule has 0 aliphatic carbocycles. The molecular weight excluding hydrogens is 300 g/mol. The Bertz CT molecular complexity index is 888. The molecular formula is C18H20N6. The second-order valence-corrected chi connectivity index (χ2v) is 5.44. The lowest BCUT2D eigenvalue weighted by Gasteiger charge is -2.11. The summed E-state index contributed by atoms with van der Waals surface area (Å²) in [5.74, 6) is 0.657. The van der Waals surface area contributed by atoms with E-state index in [9.17, 15) is 0 Å². The highest BCUT2D eigenvalue weighted by molar-refractivity contribution is 5.97. The Balaban J connectivity index is 1.80. The molecule has 0 atom stereocenters. The molecule has 4 N–H and O–H groups in total. The molecule has 0 spiro atoms. The summed E-state index contributed by atoms with van der Waals surface area (Å²) >= 11 is 0. The monoisotopic (exact) mass is 320 g/mol. The van der Waals surface area contributed by atoms with Crippen LogP contribution in [0.1, 0.15) is 18.2 Å². The standard InChI is InChI=1S/C18H20N6/c1-12(24-20-2)16-8-6-15(19)18(23-16)22-11-13-5-7-17-14(10-13)4-3-9-21-17/h3-10,20H,11,19H2,1-2H3,(H,22,23)/b24-12+. The number of aromatic nitrogens is 2. The van der Waals surface area contributed by atoms with Crippen LogP contribution in [0.5, 0.6) is 0 Å². The fraction of sp³-hybridized carbons (Fsp3) is 0.167. The third kappa shape index (κ3) is 3.43. The summed E-state index contributed by atoms with van der Waals surface area (Å²) in [7, 11) is 1.76. The molecule has 3 aromatic rings. The Hall–Kier alpha value is -3.15. The first-order valence-electron chi connectivity index (χ1n) is 7.73. The van der Waals surface area contributed by atoms with Gasteiger partial charge < -0.3 is 16.5 Å². The Kier molecular flexibility index (Phi) is 4.56. The van der Waals surface area contributed by atoms with Gasteiger partial charge in [-0.1, -0.05) is 12.1 Å². The first kappa shape index (κ1) is 15.7. The molecule has 0 amide bonds. The van der Waals surface area contributed by atoms with Crippen molar-refractivity contribution in [2.24, 2.45) is 5.10 Å². The van der Waals surface area contributed by atoms with E-state index in [0.29, 0.717) is 18.1 Å². The van der Waals surface area contributed by atoms with Gasteiger partial charge in [-0.25, -0.2) is 4.98 Å². The van der Waals surface area contributed by atoms with Crippen LogP contribution in [0.4, 0.5) is 11.5 Å². The lowest BCUT2D eigenvalue weighted by Crippen LogP contribution is -2.10.